The normalized spacial score (nSPS) is 24.5. The van der Waals surface area contributed by atoms with Gasteiger partial charge in [-0.3, -0.25) is 0 Å². The Bertz CT molecular complexity index is 1410. The van der Waals surface area contributed by atoms with Crippen LogP contribution in [0.5, 0.6) is 0 Å². The number of hydrogen-bond donors (Lipinski definition) is 1. The van der Waals surface area contributed by atoms with Gasteiger partial charge in [0.15, 0.2) is 0 Å². The quantitative estimate of drug-likeness (QED) is 0.533. The van der Waals surface area contributed by atoms with Gasteiger partial charge in [0.25, 0.3) is 10.0 Å². The van der Waals surface area contributed by atoms with Gasteiger partial charge in [0.2, 0.25) is 0 Å². The Labute approximate surface area is 189 Å². The zero-order chi connectivity index (χ0) is 23.1. The second-order valence-corrected chi connectivity index (χ2v) is 11.8. The van der Waals surface area contributed by atoms with Gasteiger partial charge in [-0.1, -0.05) is 62.2 Å². The van der Waals surface area contributed by atoms with Crippen LogP contribution in [0.4, 0.5) is 0 Å². The third-order valence-electron chi connectivity index (χ3n) is 7.69. The van der Waals surface area contributed by atoms with Crippen molar-refractivity contribution >= 4 is 26.5 Å². The Hall–Kier alpha value is -2.63. The van der Waals surface area contributed by atoms with E-state index in [1.165, 1.54) is 9.55 Å². The van der Waals surface area contributed by atoms with Crippen LogP contribution >= 0.6 is 0 Å². The van der Waals surface area contributed by atoms with Crippen molar-refractivity contribution in [3.05, 3.63) is 83.6 Å². The van der Waals surface area contributed by atoms with E-state index in [-0.39, 0.29) is 10.3 Å². The highest BCUT2D eigenvalue weighted by molar-refractivity contribution is 7.90. The highest BCUT2D eigenvalue weighted by Crippen LogP contribution is 2.55. The summed E-state index contributed by atoms with van der Waals surface area (Å²) >= 11 is 0. The van der Waals surface area contributed by atoms with Crippen molar-refractivity contribution in [2.24, 2.45) is 5.41 Å². The summed E-state index contributed by atoms with van der Waals surface area (Å²) in [6.07, 6.45) is 4.47. The molecule has 0 fully saturated rings. The van der Waals surface area contributed by atoms with Crippen LogP contribution in [0.1, 0.15) is 50.3 Å². The molecule has 0 bridgehead atoms. The summed E-state index contributed by atoms with van der Waals surface area (Å²) in [7, 11) is -3.80. The molecule has 2 aliphatic rings. The second kappa shape index (κ2) is 6.69. The average Bonchev–Trinajstić information content (AvgIpc) is 3.15. The zero-order valence-corrected chi connectivity index (χ0v) is 19.8. The molecule has 5 heteroatoms. The summed E-state index contributed by atoms with van der Waals surface area (Å²) in [4.78, 5) is 0.254. The lowest BCUT2D eigenvalue weighted by Gasteiger charge is -2.46. The van der Waals surface area contributed by atoms with E-state index in [2.05, 4.69) is 26.5 Å². The topological polar surface area (TPSA) is 59.3 Å². The van der Waals surface area contributed by atoms with Crippen LogP contribution in [0.2, 0.25) is 0 Å². The van der Waals surface area contributed by atoms with Crippen molar-refractivity contribution in [3.63, 3.8) is 0 Å². The molecule has 5 rings (SSSR count). The van der Waals surface area contributed by atoms with E-state index < -0.39 is 21.5 Å². The number of allylic oxidation sites excluding steroid dienone is 1. The molecule has 0 amide bonds. The predicted molar refractivity (Wildman–Crippen MR) is 129 cm³/mol. The minimum atomic E-state index is -3.80. The fraction of sp³-hybridized carbons (Fsp3) is 0.333. The molecule has 0 spiro atoms. The lowest BCUT2D eigenvalue weighted by Crippen LogP contribution is -2.40. The summed E-state index contributed by atoms with van der Waals surface area (Å²) in [5.74, 6) is 0. The summed E-state index contributed by atoms with van der Waals surface area (Å²) in [6.45, 7) is 12.3. The molecule has 1 aromatic heterocycles. The Balaban J connectivity index is 1.84. The van der Waals surface area contributed by atoms with E-state index in [1.54, 1.807) is 18.3 Å². The first kappa shape index (κ1) is 21.2. The molecule has 0 aliphatic heterocycles. The van der Waals surface area contributed by atoms with Crippen molar-refractivity contribution in [2.75, 3.05) is 0 Å². The monoisotopic (exact) mass is 447 g/mol. The van der Waals surface area contributed by atoms with Gasteiger partial charge in [0.1, 0.15) is 0 Å². The molecular weight excluding hydrogens is 418 g/mol. The van der Waals surface area contributed by atoms with E-state index in [0.717, 1.165) is 40.5 Å². The minimum Gasteiger partial charge on any atom is -0.387 e. The molecular formula is C27H29NO3S. The first-order valence-electron chi connectivity index (χ1n) is 11.0. The van der Waals surface area contributed by atoms with Gasteiger partial charge in [-0.05, 0) is 49.1 Å². The Morgan fingerprint density at radius 2 is 1.81 bits per heavy atom. The number of aliphatic hydroxyl groups excluding tert-OH is 1. The van der Waals surface area contributed by atoms with Crippen LogP contribution in [0.15, 0.2) is 71.8 Å². The van der Waals surface area contributed by atoms with Gasteiger partial charge in [0, 0.05) is 28.0 Å². The van der Waals surface area contributed by atoms with Crippen LogP contribution in [0.3, 0.4) is 0 Å². The number of nitrogens with zero attached hydrogens (tertiary/aromatic N) is 1. The summed E-state index contributed by atoms with van der Waals surface area (Å²) in [6, 6.07) is 12.8. The van der Waals surface area contributed by atoms with Crippen molar-refractivity contribution in [3.8, 4) is 0 Å². The number of fused-ring (bicyclic) bond motifs is 1. The van der Waals surface area contributed by atoms with Gasteiger partial charge in [-0.15, -0.1) is 6.58 Å². The molecule has 4 nitrogen and oxygen atoms in total. The summed E-state index contributed by atoms with van der Waals surface area (Å²) in [5.41, 5.74) is 4.89. The molecule has 0 saturated carbocycles. The van der Waals surface area contributed by atoms with Crippen molar-refractivity contribution in [1.82, 2.24) is 3.97 Å². The first-order chi connectivity index (χ1) is 15.0. The molecule has 1 heterocycles. The van der Waals surface area contributed by atoms with Gasteiger partial charge in [0.05, 0.1) is 16.5 Å². The molecule has 0 radical (unpaired) electrons. The fourth-order valence-electron chi connectivity index (χ4n) is 5.50. The number of hydrogen-bond acceptors (Lipinski definition) is 3. The number of rotatable bonds is 3. The van der Waals surface area contributed by atoms with E-state index in [1.807, 2.05) is 44.2 Å². The molecule has 2 aromatic carbocycles. The lowest BCUT2D eigenvalue weighted by molar-refractivity contribution is 0.105. The molecule has 3 aromatic rings. The summed E-state index contributed by atoms with van der Waals surface area (Å²) in [5, 5.41) is 12.4. The Morgan fingerprint density at radius 1 is 1.12 bits per heavy atom. The van der Waals surface area contributed by atoms with E-state index in [9.17, 15) is 13.5 Å². The van der Waals surface area contributed by atoms with Crippen LogP contribution in [0, 0.1) is 12.3 Å². The number of aryl methyl sites for hydroxylation is 1. The van der Waals surface area contributed by atoms with Crippen LogP contribution in [0.25, 0.3) is 16.5 Å². The van der Waals surface area contributed by atoms with Gasteiger partial charge in [-0.2, -0.15) is 0 Å². The van der Waals surface area contributed by atoms with E-state index >= 15 is 0 Å². The van der Waals surface area contributed by atoms with Crippen LogP contribution < -0.4 is 0 Å². The SMILES string of the molecule is C=CC1(C)CCC2=C(c3cn(S(=O)(=O)c4ccc(C)cc4)c4cccc(c34)C2(C)C)C1O. The first-order valence-corrected chi connectivity index (χ1v) is 12.5. The van der Waals surface area contributed by atoms with Crippen molar-refractivity contribution in [2.45, 2.75) is 57.0 Å². The summed E-state index contributed by atoms with van der Waals surface area (Å²) < 4.78 is 28.7. The Morgan fingerprint density at radius 3 is 2.47 bits per heavy atom. The van der Waals surface area contributed by atoms with Gasteiger partial charge >= 0.3 is 0 Å². The van der Waals surface area contributed by atoms with Gasteiger partial charge in [-0.25, -0.2) is 12.4 Å². The maximum Gasteiger partial charge on any atom is 0.268 e. The smallest absolute Gasteiger partial charge is 0.268 e. The number of aliphatic hydroxyl groups is 1. The molecule has 32 heavy (non-hydrogen) atoms. The molecule has 2 unspecified atom stereocenters. The third kappa shape index (κ3) is 2.67. The van der Waals surface area contributed by atoms with E-state index in [4.69, 9.17) is 0 Å². The highest BCUT2D eigenvalue weighted by Gasteiger charge is 2.46. The van der Waals surface area contributed by atoms with Gasteiger partial charge < -0.3 is 5.11 Å². The lowest BCUT2D eigenvalue weighted by atomic mass is 9.60. The molecule has 2 atom stereocenters. The van der Waals surface area contributed by atoms with Crippen LogP contribution in [-0.4, -0.2) is 23.6 Å². The Kier molecular flexibility index (Phi) is 4.44. The maximum atomic E-state index is 13.7. The molecule has 2 aliphatic carbocycles. The molecule has 1 N–H and O–H groups in total. The van der Waals surface area contributed by atoms with Crippen molar-refractivity contribution < 1.29 is 13.5 Å². The fourth-order valence-corrected chi connectivity index (χ4v) is 6.86. The molecule has 166 valence electrons. The van der Waals surface area contributed by atoms with Crippen LogP contribution in [-0.2, 0) is 15.4 Å². The maximum absolute atomic E-state index is 13.7. The minimum absolute atomic E-state index is 0.254. The standard InChI is InChI=1S/C27H29NO3S/c1-6-27(5)15-14-21-24(25(27)29)19-16-28(32(30,31)18-12-10-17(2)11-13-18)22-9-7-8-20(23(19)22)26(21,3)4/h6-13,16,25,29H,1,14-15H2,2-5H3. The second-order valence-electron chi connectivity index (χ2n) is 9.99. The predicted octanol–water partition coefficient (Wildman–Crippen LogP) is 5.58. The highest BCUT2D eigenvalue weighted by atomic mass is 32.2. The third-order valence-corrected chi connectivity index (χ3v) is 9.38. The largest absolute Gasteiger partial charge is 0.387 e. The molecule has 0 saturated heterocycles. The number of aromatic nitrogens is 1. The van der Waals surface area contributed by atoms with E-state index in [0.29, 0.717) is 5.52 Å². The van der Waals surface area contributed by atoms with Crippen molar-refractivity contribution in [1.29, 1.82) is 0 Å². The zero-order valence-electron chi connectivity index (χ0n) is 19.0. The average molecular weight is 448 g/mol. The number of benzene rings is 2.